The molecular formula is C26H30N6O2. The molecule has 2 fully saturated rings. The Morgan fingerprint density at radius 1 is 1.00 bits per heavy atom. The van der Waals surface area contributed by atoms with Crippen LogP contribution in [0.5, 0.6) is 0 Å². The van der Waals surface area contributed by atoms with Crippen LogP contribution in [0, 0.1) is 0 Å². The molecule has 8 heteroatoms. The van der Waals surface area contributed by atoms with Gasteiger partial charge >= 0.3 is 0 Å². The number of benzene rings is 1. The van der Waals surface area contributed by atoms with E-state index in [-0.39, 0.29) is 5.91 Å². The predicted molar refractivity (Wildman–Crippen MR) is 133 cm³/mol. The Balaban J connectivity index is 1.37. The van der Waals surface area contributed by atoms with Crippen LogP contribution in [-0.2, 0) is 0 Å². The summed E-state index contributed by atoms with van der Waals surface area (Å²) in [6.07, 6.45) is 6.25. The van der Waals surface area contributed by atoms with Gasteiger partial charge in [-0.3, -0.25) is 14.6 Å². The Kier molecular flexibility index (Phi) is 6.31. The van der Waals surface area contributed by atoms with Gasteiger partial charge in [0.15, 0.2) is 0 Å². The van der Waals surface area contributed by atoms with Gasteiger partial charge in [-0.05, 0) is 43.2 Å². The van der Waals surface area contributed by atoms with E-state index in [0.717, 1.165) is 67.4 Å². The maximum atomic E-state index is 12.5. The van der Waals surface area contributed by atoms with Gasteiger partial charge in [0.25, 0.3) is 11.8 Å². The zero-order chi connectivity index (χ0) is 23.5. The second kappa shape index (κ2) is 9.69. The zero-order valence-corrected chi connectivity index (χ0v) is 19.1. The monoisotopic (exact) mass is 458 g/mol. The van der Waals surface area contributed by atoms with Crippen LogP contribution >= 0.6 is 0 Å². The van der Waals surface area contributed by atoms with E-state index in [0.29, 0.717) is 17.2 Å². The number of anilines is 1. The molecule has 1 aliphatic carbocycles. The average molecular weight is 459 g/mol. The van der Waals surface area contributed by atoms with Crippen molar-refractivity contribution in [1.29, 1.82) is 0 Å². The summed E-state index contributed by atoms with van der Waals surface area (Å²) in [7, 11) is 0. The minimum absolute atomic E-state index is 0.0223. The van der Waals surface area contributed by atoms with Crippen molar-refractivity contribution in [2.45, 2.75) is 31.7 Å². The third-order valence-corrected chi connectivity index (χ3v) is 6.70. The summed E-state index contributed by atoms with van der Waals surface area (Å²) < 4.78 is 0. The molecule has 8 nitrogen and oxygen atoms in total. The van der Waals surface area contributed by atoms with Gasteiger partial charge in [-0.2, -0.15) is 0 Å². The molecule has 0 bridgehead atoms. The van der Waals surface area contributed by atoms with Crippen LogP contribution in [0.1, 0.15) is 46.4 Å². The van der Waals surface area contributed by atoms with E-state index < -0.39 is 5.91 Å². The molecule has 0 atom stereocenters. The van der Waals surface area contributed by atoms with E-state index in [1.165, 1.54) is 12.8 Å². The molecule has 5 rings (SSSR count). The predicted octanol–water partition coefficient (Wildman–Crippen LogP) is 2.92. The first-order valence-corrected chi connectivity index (χ1v) is 11.9. The van der Waals surface area contributed by atoms with Crippen molar-refractivity contribution in [2.24, 2.45) is 5.73 Å². The molecule has 34 heavy (non-hydrogen) atoms. The number of amides is 2. The molecule has 1 aromatic carbocycles. The highest BCUT2D eigenvalue weighted by Crippen LogP contribution is 2.30. The third-order valence-electron chi connectivity index (χ3n) is 6.70. The Morgan fingerprint density at radius 2 is 1.74 bits per heavy atom. The highest BCUT2D eigenvalue weighted by molar-refractivity contribution is 6.00. The molecule has 3 aromatic rings. The summed E-state index contributed by atoms with van der Waals surface area (Å²) in [5.74, 6) is 0.294. The van der Waals surface area contributed by atoms with Crippen molar-refractivity contribution >= 4 is 17.6 Å². The van der Waals surface area contributed by atoms with E-state index in [9.17, 15) is 9.59 Å². The minimum atomic E-state index is -0.447. The molecule has 0 spiro atoms. The number of rotatable bonds is 6. The second-order valence-electron chi connectivity index (χ2n) is 9.01. The number of hydrogen-bond donors (Lipinski definition) is 4. The minimum Gasteiger partial charge on any atom is -0.365 e. The lowest BCUT2D eigenvalue weighted by Crippen LogP contribution is -2.44. The molecule has 0 radical (unpaired) electrons. The normalized spacial score (nSPS) is 16.5. The molecule has 1 saturated carbocycles. The summed E-state index contributed by atoms with van der Waals surface area (Å²) >= 11 is 0. The topological polar surface area (TPSA) is 116 Å². The molecule has 0 unspecified atom stereocenters. The van der Waals surface area contributed by atoms with Crippen LogP contribution in [0.4, 0.5) is 5.82 Å². The number of nitrogens with two attached hydrogens (primary N) is 1. The lowest BCUT2D eigenvalue weighted by atomic mass is 10.0. The van der Waals surface area contributed by atoms with Crippen LogP contribution < -0.4 is 21.3 Å². The maximum Gasteiger partial charge on any atom is 0.252 e. The summed E-state index contributed by atoms with van der Waals surface area (Å²) in [4.78, 5) is 34.7. The van der Waals surface area contributed by atoms with Crippen LogP contribution in [-0.4, -0.2) is 54.0 Å². The van der Waals surface area contributed by atoms with E-state index in [1.54, 1.807) is 6.20 Å². The van der Waals surface area contributed by atoms with Crippen LogP contribution in [0.2, 0.25) is 0 Å². The van der Waals surface area contributed by atoms with Crippen molar-refractivity contribution in [1.82, 2.24) is 20.6 Å². The number of pyridine rings is 1. The largest absolute Gasteiger partial charge is 0.365 e. The number of aromatic amines is 1. The van der Waals surface area contributed by atoms with Gasteiger partial charge in [0.1, 0.15) is 5.82 Å². The first kappa shape index (κ1) is 22.2. The molecule has 1 aliphatic heterocycles. The second-order valence-corrected chi connectivity index (χ2v) is 9.01. The first-order chi connectivity index (χ1) is 16.6. The number of aromatic nitrogens is 2. The van der Waals surface area contributed by atoms with E-state index in [1.807, 2.05) is 42.5 Å². The van der Waals surface area contributed by atoms with Crippen molar-refractivity contribution < 1.29 is 9.59 Å². The number of carbonyl (C=O) groups excluding carboxylic acids is 2. The van der Waals surface area contributed by atoms with E-state index in [2.05, 4.69) is 25.5 Å². The fourth-order valence-corrected chi connectivity index (χ4v) is 4.81. The quantitative estimate of drug-likeness (QED) is 0.453. The fourth-order valence-electron chi connectivity index (χ4n) is 4.81. The fraction of sp³-hybridized carbons (Fsp3) is 0.346. The number of primary amides is 1. The lowest BCUT2D eigenvalue weighted by Gasteiger charge is -2.28. The van der Waals surface area contributed by atoms with Crippen molar-refractivity contribution in [3.8, 4) is 22.5 Å². The summed E-state index contributed by atoms with van der Waals surface area (Å²) in [5, 5.41) is 6.45. The molecule has 3 heterocycles. The highest BCUT2D eigenvalue weighted by Gasteiger charge is 2.21. The standard InChI is InChI=1S/C26H30N6O2/c27-24(33)21-16-23(31-25(21)32-13-11-28-12-14-32)19-9-10-29-22(15-19)17-5-7-18(8-6-17)26(34)30-20-3-1-2-4-20/h5-10,15-16,20,28,31H,1-4,11-14H2,(H2,27,33)(H,30,34). The van der Waals surface area contributed by atoms with Gasteiger partial charge in [-0.15, -0.1) is 0 Å². The Hall–Kier alpha value is -3.65. The van der Waals surface area contributed by atoms with Crippen molar-refractivity contribution in [2.75, 3.05) is 31.1 Å². The zero-order valence-electron chi connectivity index (χ0n) is 19.1. The summed E-state index contributed by atoms with van der Waals surface area (Å²) in [6.45, 7) is 3.34. The van der Waals surface area contributed by atoms with E-state index >= 15 is 0 Å². The first-order valence-electron chi connectivity index (χ1n) is 11.9. The van der Waals surface area contributed by atoms with Crippen LogP contribution in [0.3, 0.4) is 0 Å². The third kappa shape index (κ3) is 4.68. The molecule has 176 valence electrons. The van der Waals surface area contributed by atoms with Gasteiger partial charge in [0.2, 0.25) is 0 Å². The lowest BCUT2D eigenvalue weighted by molar-refractivity contribution is 0.0937. The number of carbonyl (C=O) groups is 2. The Labute approximate surface area is 198 Å². The number of nitrogens with zero attached hydrogens (tertiary/aromatic N) is 2. The van der Waals surface area contributed by atoms with E-state index in [4.69, 9.17) is 5.73 Å². The summed E-state index contributed by atoms with van der Waals surface area (Å²) in [6, 6.07) is 13.5. The van der Waals surface area contributed by atoms with Crippen LogP contribution in [0.15, 0.2) is 48.7 Å². The van der Waals surface area contributed by atoms with Crippen molar-refractivity contribution in [3.63, 3.8) is 0 Å². The smallest absolute Gasteiger partial charge is 0.252 e. The van der Waals surface area contributed by atoms with Gasteiger partial charge in [-0.25, -0.2) is 0 Å². The van der Waals surface area contributed by atoms with Gasteiger partial charge < -0.3 is 26.3 Å². The Bertz CT molecular complexity index is 1170. The molecule has 2 amide bonds. The van der Waals surface area contributed by atoms with Crippen LogP contribution in [0.25, 0.3) is 22.5 Å². The molecule has 5 N–H and O–H groups in total. The Morgan fingerprint density at radius 3 is 2.44 bits per heavy atom. The summed E-state index contributed by atoms with van der Waals surface area (Å²) in [5.41, 5.74) is 10.3. The number of nitrogens with one attached hydrogen (secondary N) is 3. The average Bonchev–Trinajstić information content (AvgIpc) is 3.55. The van der Waals surface area contributed by atoms with Gasteiger partial charge in [-0.1, -0.05) is 25.0 Å². The number of piperazine rings is 1. The SMILES string of the molecule is NC(=O)c1cc(-c2ccnc(-c3ccc(C(=O)NC4CCCC4)cc3)c2)[nH]c1N1CCNCC1. The number of hydrogen-bond acceptors (Lipinski definition) is 5. The molecule has 1 saturated heterocycles. The highest BCUT2D eigenvalue weighted by atomic mass is 16.2. The molecule has 2 aromatic heterocycles. The van der Waals surface area contributed by atoms with Gasteiger partial charge in [0, 0.05) is 60.8 Å². The molecule has 2 aliphatic rings. The van der Waals surface area contributed by atoms with Crippen molar-refractivity contribution in [3.05, 3.63) is 59.8 Å². The maximum absolute atomic E-state index is 12.5. The van der Waals surface area contributed by atoms with Gasteiger partial charge in [0.05, 0.1) is 11.3 Å². The number of H-pyrrole nitrogens is 1. The molecular weight excluding hydrogens is 428 g/mol.